The number of benzene rings is 2. The number of quaternary nitrogens is 1. The van der Waals surface area contributed by atoms with Crippen LogP contribution in [0, 0.1) is 5.92 Å². The van der Waals surface area contributed by atoms with Crippen molar-refractivity contribution in [3.8, 4) is 11.5 Å². The second kappa shape index (κ2) is 8.19. The van der Waals surface area contributed by atoms with Crippen LogP contribution in [0.4, 0.5) is 0 Å². The van der Waals surface area contributed by atoms with Gasteiger partial charge in [0.25, 0.3) is 0 Å². The number of ketones is 1. The predicted octanol–water partition coefficient (Wildman–Crippen LogP) is 2.86. The Morgan fingerprint density at radius 2 is 1.71 bits per heavy atom. The highest BCUT2D eigenvalue weighted by Crippen LogP contribution is 2.37. The van der Waals surface area contributed by atoms with Crippen LogP contribution >= 0.6 is 0 Å². The first-order chi connectivity index (χ1) is 13.7. The van der Waals surface area contributed by atoms with E-state index < -0.39 is 0 Å². The number of ether oxygens (including phenoxy) is 2. The van der Waals surface area contributed by atoms with Crippen LogP contribution in [0.5, 0.6) is 11.5 Å². The molecule has 0 saturated carbocycles. The van der Waals surface area contributed by atoms with Crippen molar-refractivity contribution < 1.29 is 19.2 Å². The summed E-state index contributed by atoms with van der Waals surface area (Å²) < 4.78 is 10.7. The number of Topliss-reactive ketones (excluding diaryl/α,β-unsaturated/α-hetero) is 1. The van der Waals surface area contributed by atoms with Crippen molar-refractivity contribution in [2.75, 3.05) is 27.3 Å². The van der Waals surface area contributed by atoms with Crippen molar-refractivity contribution in [1.29, 1.82) is 0 Å². The quantitative estimate of drug-likeness (QED) is 0.814. The Kier molecular flexibility index (Phi) is 5.49. The monoisotopic (exact) mass is 378 g/mol. The molecule has 0 atom stereocenters. The molecule has 146 valence electrons. The van der Waals surface area contributed by atoms with Crippen LogP contribution in [0.15, 0.2) is 54.1 Å². The summed E-state index contributed by atoms with van der Waals surface area (Å²) in [4.78, 5) is 14.5. The molecule has 0 radical (unpaired) electrons. The third kappa shape index (κ3) is 3.83. The minimum atomic E-state index is 0.148. The van der Waals surface area contributed by atoms with Gasteiger partial charge in [0.1, 0.15) is 6.54 Å². The fraction of sp³-hybridized carbons (Fsp3) is 0.375. The van der Waals surface area contributed by atoms with E-state index in [1.807, 2.05) is 12.1 Å². The summed E-state index contributed by atoms with van der Waals surface area (Å²) in [6, 6.07) is 14.5. The normalized spacial score (nSPS) is 22.9. The molecule has 28 heavy (non-hydrogen) atoms. The van der Waals surface area contributed by atoms with Crippen LogP contribution in [0.1, 0.15) is 34.3 Å². The van der Waals surface area contributed by atoms with Gasteiger partial charge in [-0.05, 0) is 23.6 Å². The molecule has 0 unspecified atom stereocenters. The Hall–Kier alpha value is -2.59. The molecule has 2 aromatic carbocycles. The lowest BCUT2D eigenvalue weighted by Crippen LogP contribution is -3.11. The van der Waals surface area contributed by atoms with Gasteiger partial charge in [-0.15, -0.1) is 0 Å². The standard InChI is InChI=1S/C24H27NO3/c1-27-22-14-19-13-20(24(26)21(19)15-23(22)28-2)12-17-8-10-25(11-9-17)16-18-6-4-3-5-7-18/h3-7,12,14-15,17H,8-11,13,16H2,1-2H3/p+1/b20-12+. The second-order valence-corrected chi connectivity index (χ2v) is 7.81. The minimum absolute atomic E-state index is 0.148. The Bertz CT molecular complexity index is 880. The van der Waals surface area contributed by atoms with E-state index in [0.717, 1.165) is 49.2 Å². The number of hydrogen-bond acceptors (Lipinski definition) is 3. The summed E-state index contributed by atoms with van der Waals surface area (Å²) in [6.45, 7) is 3.41. The molecule has 2 aromatic rings. The van der Waals surface area contributed by atoms with Gasteiger partial charge in [-0.1, -0.05) is 36.4 Å². The Balaban J connectivity index is 1.41. The van der Waals surface area contributed by atoms with Crippen LogP contribution in [0.25, 0.3) is 0 Å². The summed E-state index contributed by atoms with van der Waals surface area (Å²) in [7, 11) is 3.23. The molecule has 4 nitrogen and oxygen atoms in total. The maximum Gasteiger partial charge on any atom is 0.189 e. The van der Waals surface area contributed by atoms with E-state index in [-0.39, 0.29) is 5.78 Å². The van der Waals surface area contributed by atoms with Crippen molar-refractivity contribution in [1.82, 2.24) is 0 Å². The largest absolute Gasteiger partial charge is 0.493 e. The number of fused-ring (bicyclic) bond motifs is 1. The second-order valence-electron chi connectivity index (χ2n) is 7.81. The Morgan fingerprint density at radius 3 is 2.39 bits per heavy atom. The molecule has 1 saturated heterocycles. The van der Waals surface area contributed by atoms with Gasteiger partial charge in [-0.25, -0.2) is 0 Å². The van der Waals surface area contributed by atoms with Crippen molar-refractivity contribution in [3.05, 3.63) is 70.8 Å². The zero-order chi connectivity index (χ0) is 19.5. The summed E-state index contributed by atoms with van der Waals surface area (Å²) >= 11 is 0. The maximum absolute atomic E-state index is 12.9. The topological polar surface area (TPSA) is 40.0 Å². The molecule has 1 aliphatic heterocycles. The van der Waals surface area contributed by atoms with Gasteiger partial charge in [0.2, 0.25) is 0 Å². The van der Waals surface area contributed by atoms with E-state index in [1.54, 1.807) is 19.1 Å². The molecule has 1 fully saturated rings. The molecule has 0 aromatic heterocycles. The first kappa shape index (κ1) is 18.8. The van der Waals surface area contributed by atoms with Crippen LogP contribution in [0.2, 0.25) is 0 Å². The van der Waals surface area contributed by atoms with Crippen LogP contribution in [-0.2, 0) is 13.0 Å². The molecule has 1 aliphatic carbocycles. The number of methoxy groups -OCH3 is 2. The lowest BCUT2D eigenvalue weighted by atomic mass is 9.93. The SMILES string of the molecule is COc1cc2c(cc1OC)C(=O)/C(=C/C1CC[NH+](Cc3ccccc3)CC1)C2. The zero-order valence-electron chi connectivity index (χ0n) is 16.7. The third-order valence-electron chi connectivity index (χ3n) is 6.00. The molecule has 2 aliphatic rings. The Labute approximate surface area is 166 Å². The number of carbonyl (C=O) groups excluding carboxylic acids is 1. The molecule has 1 N–H and O–H groups in total. The van der Waals surface area contributed by atoms with Crippen molar-refractivity contribution >= 4 is 5.78 Å². The zero-order valence-corrected chi connectivity index (χ0v) is 16.7. The molecule has 0 bridgehead atoms. The lowest BCUT2D eigenvalue weighted by molar-refractivity contribution is -0.919. The van der Waals surface area contributed by atoms with Gasteiger partial charge >= 0.3 is 0 Å². The summed E-state index contributed by atoms with van der Waals surface area (Å²) in [6.07, 6.45) is 5.22. The molecule has 0 amide bonds. The van der Waals surface area contributed by atoms with Gasteiger partial charge in [0, 0.05) is 36.0 Å². The van der Waals surface area contributed by atoms with Gasteiger partial charge in [-0.3, -0.25) is 4.79 Å². The average molecular weight is 378 g/mol. The number of piperidine rings is 1. The van der Waals surface area contributed by atoms with E-state index in [9.17, 15) is 4.79 Å². The number of allylic oxidation sites excluding steroid dienone is 2. The van der Waals surface area contributed by atoms with E-state index >= 15 is 0 Å². The van der Waals surface area contributed by atoms with Crippen LogP contribution in [0.3, 0.4) is 0 Å². The smallest absolute Gasteiger partial charge is 0.189 e. The average Bonchev–Trinajstić information content (AvgIpc) is 3.03. The first-order valence-electron chi connectivity index (χ1n) is 10.1. The first-order valence-corrected chi connectivity index (χ1v) is 10.1. The highest BCUT2D eigenvalue weighted by atomic mass is 16.5. The van der Waals surface area contributed by atoms with Crippen molar-refractivity contribution in [2.24, 2.45) is 5.92 Å². The van der Waals surface area contributed by atoms with Crippen LogP contribution in [-0.4, -0.2) is 33.1 Å². The predicted molar refractivity (Wildman–Crippen MR) is 109 cm³/mol. The van der Waals surface area contributed by atoms with E-state index in [2.05, 4.69) is 36.4 Å². The van der Waals surface area contributed by atoms with Gasteiger partial charge in [0.15, 0.2) is 17.3 Å². The molecular weight excluding hydrogens is 350 g/mol. The van der Waals surface area contributed by atoms with E-state index in [1.165, 1.54) is 5.56 Å². The summed E-state index contributed by atoms with van der Waals surface area (Å²) in [5, 5.41) is 0. The van der Waals surface area contributed by atoms with E-state index in [0.29, 0.717) is 23.8 Å². The Morgan fingerprint density at radius 1 is 1.04 bits per heavy atom. The number of rotatable bonds is 5. The highest BCUT2D eigenvalue weighted by molar-refractivity contribution is 6.13. The summed E-state index contributed by atoms with van der Waals surface area (Å²) in [5.41, 5.74) is 4.14. The number of carbonyl (C=O) groups is 1. The van der Waals surface area contributed by atoms with Crippen LogP contribution < -0.4 is 14.4 Å². The molecule has 0 spiro atoms. The van der Waals surface area contributed by atoms with Crippen molar-refractivity contribution in [3.63, 3.8) is 0 Å². The maximum atomic E-state index is 12.9. The van der Waals surface area contributed by atoms with Gasteiger partial charge < -0.3 is 14.4 Å². The minimum Gasteiger partial charge on any atom is -0.493 e. The fourth-order valence-electron chi connectivity index (χ4n) is 4.43. The fourth-order valence-corrected chi connectivity index (χ4v) is 4.43. The number of hydrogen-bond donors (Lipinski definition) is 1. The van der Waals surface area contributed by atoms with Gasteiger partial charge in [0.05, 0.1) is 27.3 Å². The van der Waals surface area contributed by atoms with Crippen molar-refractivity contribution in [2.45, 2.75) is 25.8 Å². The molecule has 4 rings (SSSR count). The third-order valence-corrected chi connectivity index (χ3v) is 6.00. The number of nitrogens with one attached hydrogen (secondary N) is 1. The van der Waals surface area contributed by atoms with E-state index in [4.69, 9.17) is 9.47 Å². The molecule has 1 heterocycles. The summed E-state index contributed by atoms with van der Waals surface area (Å²) in [5.74, 6) is 1.95. The van der Waals surface area contributed by atoms with Gasteiger partial charge in [-0.2, -0.15) is 0 Å². The molecule has 4 heteroatoms. The lowest BCUT2D eigenvalue weighted by Gasteiger charge is -2.28. The number of likely N-dealkylation sites (tertiary alicyclic amines) is 1. The molecular formula is C24H28NO3+. The highest BCUT2D eigenvalue weighted by Gasteiger charge is 2.29.